The van der Waals surface area contributed by atoms with E-state index in [-0.39, 0.29) is 5.82 Å². The molecule has 0 aliphatic rings. The first-order chi connectivity index (χ1) is 9.29. The second kappa shape index (κ2) is 4.82. The minimum Gasteiger partial charge on any atom is -0.326 e. The lowest BCUT2D eigenvalue weighted by molar-refractivity contribution is 0.627. The molecule has 3 aromatic rings. The van der Waals surface area contributed by atoms with Crippen molar-refractivity contribution in [2.45, 2.75) is 6.54 Å². The Bertz CT molecular complexity index is 729. The highest BCUT2D eigenvalue weighted by molar-refractivity contribution is 5.97. The van der Waals surface area contributed by atoms with Crippen LogP contribution in [0.5, 0.6) is 0 Å². The van der Waals surface area contributed by atoms with E-state index in [2.05, 4.69) is 18.2 Å². The van der Waals surface area contributed by atoms with E-state index in [1.54, 1.807) is 12.1 Å². The molecule has 0 saturated carbocycles. The van der Waals surface area contributed by atoms with Gasteiger partial charge in [0, 0.05) is 6.54 Å². The zero-order valence-electron chi connectivity index (χ0n) is 10.4. The summed E-state index contributed by atoms with van der Waals surface area (Å²) in [6, 6.07) is 18.9. The molecule has 94 valence electrons. The van der Waals surface area contributed by atoms with Crippen LogP contribution in [0.25, 0.3) is 21.9 Å². The predicted octanol–water partition coefficient (Wildman–Crippen LogP) is 4.10. The Balaban J connectivity index is 2.33. The Morgan fingerprint density at radius 1 is 0.842 bits per heavy atom. The lowest BCUT2D eigenvalue weighted by atomic mass is 9.94. The Hall–Kier alpha value is -2.19. The third kappa shape index (κ3) is 2.11. The fourth-order valence-electron chi connectivity index (χ4n) is 2.44. The van der Waals surface area contributed by atoms with Crippen LogP contribution in [0.2, 0.25) is 0 Å². The highest BCUT2D eigenvalue weighted by Gasteiger charge is 2.08. The maximum Gasteiger partial charge on any atom is 0.123 e. The summed E-state index contributed by atoms with van der Waals surface area (Å²) in [5.74, 6) is -0.236. The summed E-state index contributed by atoms with van der Waals surface area (Å²) in [5, 5.41) is 2.26. The van der Waals surface area contributed by atoms with Crippen LogP contribution in [0.15, 0.2) is 60.7 Å². The summed E-state index contributed by atoms with van der Waals surface area (Å²) in [5.41, 5.74) is 8.62. The van der Waals surface area contributed by atoms with E-state index in [1.807, 2.05) is 24.3 Å². The van der Waals surface area contributed by atoms with E-state index < -0.39 is 0 Å². The van der Waals surface area contributed by atoms with Crippen molar-refractivity contribution in [3.8, 4) is 11.1 Å². The molecular formula is C17H14FN. The topological polar surface area (TPSA) is 26.0 Å². The lowest BCUT2D eigenvalue weighted by Gasteiger charge is -2.11. The van der Waals surface area contributed by atoms with Crippen molar-refractivity contribution < 1.29 is 4.39 Å². The second-order valence-electron chi connectivity index (χ2n) is 4.53. The van der Waals surface area contributed by atoms with E-state index in [4.69, 9.17) is 5.73 Å². The Labute approximate surface area is 111 Å². The molecule has 2 heteroatoms. The third-order valence-electron chi connectivity index (χ3n) is 3.37. The summed E-state index contributed by atoms with van der Waals surface area (Å²) < 4.78 is 13.5. The summed E-state index contributed by atoms with van der Waals surface area (Å²) in [6.45, 7) is 0.402. The number of hydrogen-bond acceptors (Lipinski definition) is 1. The van der Waals surface area contributed by atoms with E-state index in [1.165, 1.54) is 6.07 Å². The van der Waals surface area contributed by atoms with Crippen molar-refractivity contribution in [3.63, 3.8) is 0 Å². The first-order valence-electron chi connectivity index (χ1n) is 6.26. The number of benzene rings is 3. The fourth-order valence-corrected chi connectivity index (χ4v) is 2.44. The molecule has 0 saturated heterocycles. The molecule has 1 nitrogen and oxygen atoms in total. The third-order valence-corrected chi connectivity index (χ3v) is 3.37. The molecule has 0 unspecified atom stereocenters. The number of halogens is 1. The Morgan fingerprint density at radius 2 is 1.63 bits per heavy atom. The smallest absolute Gasteiger partial charge is 0.123 e. The molecule has 0 amide bonds. The van der Waals surface area contributed by atoms with Gasteiger partial charge in [0.25, 0.3) is 0 Å². The van der Waals surface area contributed by atoms with Gasteiger partial charge < -0.3 is 5.73 Å². The zero-order chi connectivity index (χ0) is 13.2. The Morgan fingerprint density at radius 3 is 2.47 bits per heavy atom. The van der Waals surface area contributed by atoms with Crippen molar-refractivity contribution >= 4 is 10.8 Å². The van der Waals surface area contributed by atoms with E-state index in [0.717, 1.165) is 27.5 Å². The van der Waals surface area contributed by atoms with Crippen molar-refractivity contribution in [2.75, 3.05) is 0 Å². The molecule has 0 aliphatic carbocycles. The lowest BCUT2D eigenvalue weighted by Crippen LogP contribution is -1.99. The van der Waals surface area contributed by atoms with Gasteiger partial charge >= 0.3 is 0 Å². The van der Waals surface area contributed by atoms with Gasteiger partial charge in [-0.15, -0.1) is 0 Å². The molecule has 0 atom stereocenters. The van der Waals surface area contributed by atoms with Crippen molar-refractivity contribution in [1.82, 2.24) is 0 Å². The van der Waals surface area contributed by atoms with Gasteiger partial charge in [0.15, 0.2) is 0 Å². The minimum absolute atomic E-state index is 0.236. The van der Waals surface area contributed by atoms with Gasteiger partial charge in [-0.3, -0.25) is 0 Å². The van der Waals surface area contributed by atoms with Crippen LogP contribution in [0.1, 0.15) is 5.56 Å². The molecule has 3 rings (SSSR count). The van der Waals surface area contributed by atoms with E-state index in [9.17, 15) is 4.39 Å². The predicted molar refractivity (Wildman–Crippen MR) is 77.2 cm³/mol. The van der Waals surface area contributed by atoms with Crippen molar-refractivity contribution in [1.29, 1.82) is 0 Å². The van der Waals surface area contributed by atoms with Gasteiger partial charge in [0.2, 0.25) is 0 Å². The minimum atomic E-state index is -0.236. The normalized spacial score (nSPS) is 10.8. The second-order valence-corrected chi connectivity index (χ2v) is 4.53. The summed E-state index contributed by atoms with van der Waals surface area (Å²) in [6.07, 6.45) is 0. The average molecular weight is 251 g/mol. The molecule has 3 aromatic carbocycles. The molecule has 0 radical (unpaired) electrons. The van der Waals surface area contributed by atoms with Gasteiger partial charge in [0.05, 0.1) is 0 Å². The SMILES string of the molecule is NCc1ccc(F)cc1-c1cccc2ccccc12. The molecule has 2 N–H and O–H groups in total. The maximum atomic E-state index is 13.5. The van der Waals surface area contributed by atoms with Gasteiger partial charge in [-0.05, 0) is 39.6 Å². The number of nitrogens with two attached hydrogens (primary N) is 1. The highest BCUT2D eigenvalue weighted by atomic mass is 19.1. The van der Waals surface area contributed by atoms with Crippen LogP contribution in [0.4, 0.5) is 4.39 Å². The maximum absolute atomic E-state index is 13.5. The van der Waals surface area contributed by atoms with Crippen LogP contribution in [-0.4, -0.2) is 0 Å². The molecule has 0 spiro atoms. The summed E-state index contributed by atoms with van der Waals surface area (Å²) >= 11 is 0. The van der Waals surface area contributed by atoms with E-state index in [0.29, 0.717) is 6.54 Å². The number of fused-ring (bicyclic) bond motifs is 1. The first-order valence-corrected chi connectivity index (χ1v) is 6.26. The summed E-state index contributed by atoms with van der Waals surface area (Å²) in [4.78, 5) is 0. The van der Waals surface area contributed by atoms with Crippen molar-refractivity contribution in [2.24, 2.45) is 5.73 Å². The largest absolute Gasteiger partial charge is 0.326 e. The molecule has 0 aliphatic heterocycles. The van der Waals surface area contributed by atoms with Gasteiger partial charge in [-0.1, -0.05) is 48.5 Å². The monoisotopic (exact) mass is 251 g/mol. The van der Waals surface area contributed by atoms with Crippen LogP contribution < -0.4 is 5.73 Å². The summed E-state index contributed by atoms with van der Waals surface area (Å²) in [7, 11) is 0. The molecule has 0 fully saturated rings. The fraction of sp³-hybridized carbons (Fsp3) is 0.0588. The highest BCUT2D eigenvalue weighted by Crippen LogP contribution is 2.31. The van der Waals surface area contributed by atoms with E-state index >= 15 is 0 Å². The van der Waals surface area contributed by atoms with Gasteiger partial charge in [0.1, 0.15) is 5.82 Å². The number of rotatable bonds is 2. The van der Waals surface area contributed by atoms with Crippen LogP contribution >= 0.6 is 0 Å². The molecule has 19 heavy (non-hydrogen) atoms. The molecule has 0 heterocycles. The van der Waals surface area contributed by atoms with Crippen LogP contribution in [-0.2, 0) is 6.54 Å². The van der Waals surface area contributed by atoms with Gasteiger partial charge in [-0.25, -0.2) is 4.39 Å². The van der Waals surface area contributed by atoms with Crippen LogP contribution in [0.3, 0.4) is 0 Å². The molecular weight excluding hydrogens is 237 g/mol. The average Bonchev–Trinajstić information content (AvgIpc) is 2.46. The standard InChI is InChI=1S/C17H14FN/c18-14-9-8-13(11-19)17(10-14)16-7-3-5-12-4-1-2-6-15(12)16/h1-10H,11,19H2. The van der Waals surface area contributed by atoms with Gasteiger partial charge in [-0.2, -0.15) is 0 Å². The number of hydrogen-bond donors (Lipinski definition) is 1. The molecule has 0 aromatic heterocycles. The Kier molecular flexibility index (Phi) is 3.02. The zero-order valence-corrected chi connectivity index (χ0v) is 10.4. The van der Waals surface area contributed by atoms with Crippen molar-refractivity contribution in [3.05, 3.63) is 72.0 Å². The molecule has 0 bridgehead atoms. The first kappa shape index (κ1) is 11.9. The van der Waals surface area contributed by atoms with Crippen LogP contribution in [0, 0.1) is 5.82 Å². The quantitative estimate of drug-likeness (QED) is 0.729.